The van der Waals surface area contributed by atoms with E-state index in [1.807, 2.05) is 6.92 Å². The van der Waals surface area contributed by atoms with Crippen LogP contribution in [0.2, 0.25) is 0 Å². The SMILES string of the molecule is Cc1noc(C)c1CC1(C)\C(=C/C=C(/C=C/C2=[N+](C)c3ccc4ccccc4c3C2(C)C)CCC(C)C)N(C)c2ccc3ccccc3c21. The molecule has 2 aliphatic heterocycles. The van der Waals surface area contributed by atoms with Crippen LogP contribution in [0.5, 0.6) is 0 Å². The molecule has 0 amide bonds. The fraction of sp³-hybridized carbons (Fsp3) is 0.333. The van der Waals surface area contributed by atoms with Crippen LogP contribution in [0.15, 0.2) is 113 Å². The molecule has 3 heterocycles. The Morgan fingerprint density at radius 2 is 1.55 bits per heavy atom. The summed E-state index contributed by atoms with van der Waals surface area (Å²) in [6, 6.07) is 26.7. The van der Waals surface area contributed by atoms with Gasteiger partial charge in [0.25, 0.3) is 0 Å². The van der Waals surface area contributed by atoms with Gasteiger partial charge in [0.05, 0.1) is 11.1 Å². The van der Waals surface area contributed by atoms with Crippen molar-refractivity contribution in [1.82, 2.24) is 5.16 Å². The Morgan fingerprint density at radius 3 is 2.20 bits per heavy atom. The quantitative estimate of drug-likeness (QED) is 0.124. The second-order valence-electron chi connectivity index (χ2n) is 15.4. The molecule has 0 fully saturated rings. The number of fused-ring (bicyclic) bond motifs is 6. The van der Waals surface area contributed by atoms with Gasteiger partial charge in [-0.2, -0.15) is 4.58 Å². The Morgan fingerprint density at radius 1 is 0.898 bits per heavy atom. The van der Waals surface area contributed by atoms with E-state index in [0.29, 0.717) is 5.92 Å². The third-order valence-electron chi connectivity index (χ3n) is 11.3. The summed E-state index contributed by atoms with van der Waals surface area (Å²) >= 11 is 0. The number of aromatic nitrogens is 1. The van der Waals surface area contributed by atoms with Gasteiger partial charge in [0, 0.05) is 47.1 Å². The van der Waals surface area contributed by atoms with E-state index in [1.54, 1.807) is 0 Å². The van der Waals surface area contributed by atoms with Gasteiger partial charge in [0.1, 0.15) is 12.8 Å². The van der Waals surface area contributed by atoms with Crippen molar-refractivity contribution in [1.29, 1.82) is 0 Å². The predicted molar refractivity (Wildman–Crippen MR) is 207 cm³/mol. The van der Waals surface area contributed by atoms with Crippen molar-refractivity contribution in [3.8, 4) is 0 Å². The van der Waals surface area contributed by atoms with Crippen LogP contribution in [-0.4, -0.2) is 29.5 Å². The molecule has 0 saturated carbocycles. The molecule has 0 N–H and O–H groups in total. The molecule has 0 radical (unpaired) electrons. The minimum absolute atomic E-state index is 0.121. The first kappa shape index (κ1) is 32.8. The molecule has 1 aromatic heterocycles. The Kier molecular flexibility index (Phi) is 8.25. The maximum absolute atomic E-state index is 5.68. The van der Waals surface area contributed by atoms with Gasteiger partial charge >= 0.3 is 0 Å². The number of aryl methyl sites for hydroxylation is 2. The van der Waals surface area contributed by atoms with Crippen LogP contribution in [0.4, 0.5) is 11.4 Å². The van der Waals surface area contributed by atoms with Gasteiger partial charge in [-0.3, -0.25) is 0 Å². The summed E-state index contributed by atoms with van der Waals surface area (Å²) in [5.41, 5.74) is 11.1. The second kappa shape index (κ2) is 12.3. The summed E-state index contributed by atoms with van der Waals surface area (Å²) in [5.74, 6) is 1.52. The van der Waals surface area contributed by atoms with E-state index in [4.69, 9.17) is 4.52 Å². The smallest absolute Gasteiger partial charge is 0.210 e. The molecule has 4 heteroatoms. The first-order valence-electron chi connectivity index (χ1n) is 17.8. The summed E-state index contributed by atoms with van der Waals surface area (Å²) in [7, 11) is 4.44. The van der Waals surface area contributed by atoms with Crippen molar-refractivity contribution in [2.75, 3.05) is 19.0 Å². The number of benzene rings is 4. The summed E-state index contributed by atoms with van der Waals surface area (Å²) in [5, 5.41) is 9.56. The largest absolute Gasteiger partial charge is 0.361 e. The molecule has 250 valence electrons. The first-order chi connectivity index (χ1) is 23.4. The maximum Gasteiger partial charge on any atom is 0.210 e. The number of anilines is 1. The lowest BCUT2D eigenvalue weighted by atomic mass is 9.74. The normalized spacial score (nSPS) is 19.8. The van der Waals surface area contributed by atoms with Crippen LogP contribution in [0.3, 0.4) is 0 Å². The summed E-state index contributed by atoms with van der Waals surface area (Å²) in [4.78, 5) is 2.41. The van der Waals surface area contributed by atoms with E-state index in [-0.39, 0.29) is 10.8 Å². The molecule has 49 heavy (non-hydrogen) atoms. The zero-order valence-electron chi connectivity index (χ0n) is 30.7. The van der Waals surface area contributed by atoms with Gasteiger partial charge in [-0.1, -0.05) is 85.8 Å². The molecule has 0 aliphatic carbocycles. The molecule has 4 aromatic carbocycles. The van der Waals surface area contributed by atoms with Gasteiger partial charge in [-0.15, -0.1) is 0 Å². The van der Waals surface area contributed by atoms with Gasteiger partial charge in [-0.05, 0) is 111 Å². The van der Waals surface area contributed by atoms with Crippen LogP contribution < -0.4 is 4.90 Å². The Balaban J connectivity index is 1.33. The van der Waals surface area contributed by atoms with Crippen LogP contribution in [0.25, 0.3) is 21.5 Å². The molecule has 1 unspecified atom stereocenters. The standard InChI is InChI=1S/C45H50N3O/c1-29(2)18-19-32(20-26-40-44(5,6)42-35-16-12-10-14-33(35)22-24-38(42)47(40)8)21-27-41-45(7,28-37-30(3)46-49-31(37)4)43-36-17-13-11-15-34(36)23-25-39(43)48(41)9/h10-17,20-27,29H,18-19,28H2,1-9H3/q+1. The van der Waals surface area contributed by atoms with Crippen LogP contribution in [0.1, 0.15) is 75.6 Å². The molecular weight excluding hydrogens is 599 g/mol. The van der Waals surface area contributed by atoms with Crippen molar-refractivity contribution in [2.45, 2.75) is 78.6 Å². The third kappa shape index (κ3) is 5.46. The van der Waals surface area contributed by atoms with Gasteiger partial charge in [0.15, 0.2) is 5.71 Å². The fourth-order valence-corrected chi connectivity index (χ4v) is 8.57. The summed E-state index contributed by atoms with van der Waals surface area (Å²) < 4.78 is 8.08. The van der Waals surface area contributed by atoms with Crippen molar-refractivity contribution >= 4 is 38.6 Å². The Bertz CT molecular complexity index is 2200. The van der Waals surface area contributed by atoms with E-state index in [0.717, 1.165) is 30.7 Å². The van der Waals surface area contributed by atoms with Crippen molar-refractivity contribution in [3.63, 3.8) is 0 Å². The highest BCUT2D eigenvalue weighted by Gasteiger charge is 2.45. The van der Waals surface area contributed by atoms with E-state index in [2.05, 4.69) is 167 Å². The fourth-order valence-electron chi connectivity index (χ4n) is 8.57. The lowest BCUT2D eigenvalue weighted by molar-refractivity contribution is -0.401. The van der Waals surface area contributed by atoms with Crippen molar-refractivity contribution in [3.05, 3.63) is 137 Å². The van der Waals surface area contributed by atoms with Crippen LogP contribution in [-0.2, 0) is 17.3 Å². The zero-order chi connectivity index (χ0) is 34.7. The summed E-state index contributed by atoms with van der Waals surface area (Å²) in [6.45, 7) is 15.9. The van der Waals surface area contributed by atoms with E-state index in [9.17, 15) is 0 Å². The molecule has 0 spiro atoms. The van der Waals surface area contributed by atoms with Gasteiger partial charge < -0.3 is 9.42 Å². The van der Waals surface area contributed by atoms with Crippen LogP contribution in [0, 0.1) is 19.8 Å². The number of rotatable bonds is 8. The highest BCUT2D eigenvalue weighted by molar-refractivity contribution is 6.07. The van der Waals surface area contributed by atoms with E-state index < -0.39 is 0 Å². The average Bonchev–Trinajstić information content (AvgIpc) is 3.59. The molecular formula is C45H50N3O+. The number of likely N-dealkylation sites (N-methyl/N-ethyl adjacent to an activating group) is 1. The molecule has 1 atom stereocenters. The highest BCUT2D eigenvalue weighted by atomic mass is 16.5. The summed E-state index contributed by atoms with van der Waals surface area (Å²) in [6.07, 6.45) is 12.5. The molecule has 4 nitrogen and oxygen atoms in total. The Labute approximate surface area is 292 Å². The number of nitrogens with zero attached hydrogens (tertiary/aromatic N) is 3. The van der Waals surface area contributed by atoms with Gasteiger partial charge in [-0.25, -0.2) is 0 Å². The number of allylic oxidation sites excluding steroid dienone is 6. The van der Waals surface area contributed by atoms with E-state index >= 15 is 0 Å². The van der Waals surface area contributed by atoms with Crippen molar-refractivity contribution < 1.29 is 9.10 Å². The van der Waals surface area contributed by atoms with Crippen LogP contribution >= 0.6 is 0 Å². The lowest BCUT2D eigenvalue weighted by Gasteiger charge is -2.29. The molecule has 5 aromatic rings. The van der Waals surface area contributed by atoms with Gasteiger partial charge in [0.2, 0.25) is 5.69 Å². The third-order valence-corrected chi connectivity index (χ3v) is 11.3. The molecule has 0 saturated heterocycles. The van der Waals surface area contributed by atoms with E-state index in [1.165, 1.54) is 66.6 Å². The minimum atomic E-state index is -0.277. The minimum Gasteiger partial charge on any atom is -0.361 e. The molecule has 0 bridgehead atoms. The second-order valence-corrected chi connectivity index (χ2v) is 15.4. The molecule has 7 rings (SSSR count). The average molecular weight is 649 g/mol. The number of hydrogen-bond donors (Lipinski definition) is 0. The van der Waals surface area contributed by atoms with Crippen molar-refractivity contribution in [2.24, 2.45) is 5.92 Å². The molecule has 2 aliphatic rings. The lowest BCUT2D eigenvalue weighted by Crippen LogP contribution is -2.29. The Hall–Kier alpha value is -4.70. The predicted octanol–water partition coefficient (Wildman–Crippen LogP) is 11.1. The first-order valence-corrected chi connectivity index (χ1v) is 17.8. The monoisotopic (exact) mass is 648 g/mol. The topological polar surface area (TPSA) is 32.3 Å². The maximum atomic E-state index is 5.68. The zero-order valence-corrected chi connectivity index (χ0v) is 30.7. The number of hydrogen-bond acceptors (Lipinski definition) is 3. The highest BCUT2D eigenvalue weighted by Crippen LogP contribution is 2.52.